The van der Waals surface area contributed by atoms with Crippen LogP contribution in [0.1, 0.15) is 11.6 Å². The zero-order chi connectivity index (χ0) is 12.4. The van der Waals surface area contributed by atoms with Crippen molar-refractivity contribution in [3.8, 4) is 0 Å². The van der Waals surface area contributed by atoms with Gasteiger partial charge >= 0.3 is 0 Å². The maximum Gasteiger partial charge on any atom is 0.159 e. The molecule has 5 heteroatoms. The number of nitrogens with two attached hydrogens (primary N) is 1. The molecule has 0 amide bonds. The Bertz CT molecular complexity index is 400. The summed E-state index contributed by atoms with van der Waals surface area (Å²) in [5.74, 6) is -1.67. The highest BCUT2D eigenvalue weighted by Gasteiger charge is 2.30. The van der Waals surface area contributed by atoms with Crippen LogP contribution in [0.4, 0.5) is 8.78 Å². The summed E-state index contributed by atoms with van der Waals surface area (Å²) in [4.78, 5) is 2.05. The van der Waals surface area contributed by atoms with Gasteiger partial charge in [-0.1, -0.05) is 6.07 Å². The van der Waals surface area contributed by atoms with E-state index in [2.05, 4.69) is 0 Å². The molecule has 1 saturated heterocycles. The van der Waals surface area contributed by atoms with Crippen molar-refractivity contribution in [1.82, 2.24) is 4.90 Å². The average Bonchev–Trinajstić information content (AvgIpc) is 2.32. The summed E-state index contributed by atoms with van der Waals surface area (Å²) < 4.78 is 31.7. The molecule has 2 unspecified atom stereocenters. The molecule has 0 spiro atoms. The molecule has 0 saturated carbocycles. The topological polar surface area (TPSA) is 38.5 Å². The number of nitrogens with zero attached hydrogens (tertiary/aromatic N) is 1. The maximum absolute atomic E-state index is 13.2. The smallest absolute Gasteiger partial charge is 0.159 e. The molecule has 1 aromatic carbocycles. The third-order valence-corrected chi connectivity index (χ3v) is 3.12. The molecule has 1 aromatic rings. The fourth-order valence-corrected chi connectivity index (χ4v) is 2.22. The lowest BCUT2D eigenvalue weighted by Gasteiger charge is -2.38. The SMILES string of the molecule is CN1CCOC(CN)C1c1ccc(F)c(F)c1. The molecule has 1 heterocycles. The number of ether oxygens (including phenoxy) is 1. The molecule has 0 bridgehead atoms. The van der Waals surface area contributed by atoms with Crippen LogP contribution in [0.25, 0.3) is 0 Å². The summed E-state index contributed by atoms with van der Waals surface area (Å²) in [6.45, 7) is 1.71. The van der Waals surface area contributed by atoms with Crippen LogP contribution in [0.5, 0.6) is 0 Å². The second-order valence-corrected chi connectivity index (χ2v) is 4.24. The molecule has 2 rings (SSSR count). The van der Waals surface area contributed by atoms with Crippen LogP contribution < -0.4 is 5.73 Å². The van der Waals surface area contributed by atoms with Gasteiger partial charge in [-0.25, -0.2) is 8.78 Å². The lowest BCUT2D eigenvalue weighted by Crippen LogP contribution is -2.46. The second-order valence-electron chi connectivity index (χ2n) is 4.24. The standard InChI is InChI=1S/C12H16F2N2O/c1-16-4-5-17-11(7-15)12(16)8-2-3-9(13)10(14)6-8/h2-3,6,11-12H,4-5,7,15H2,1H3. The van der Waals surface area contributed by atoms with E-state index >= 15 is 0 Å². The summed E-state index contributed by atoms with van der Waals surface area (Å²) in [5.41, 5.74) is 6.34. The highest BCUT2D eigenvalue weighted by molar-refractivity contribution is 5.23. The summed E-state index contributed by atoms with van der Waals surface area (Å²) in [5, 5.41) is 0. The molecular formula is C12H16F2N2O. The highest BCUT2D eigenvalue weighted by atomic mass is 19.2. The number of benzene rings is 1. The summed E-state index contributed by atoms with van der Waals surface area (Å²) in [6.07, 6.45) is -0.182. The lowest BCUT2D eigenvalue weighted by molar-refractivity contribution is -0.0577. The van der Waals surface area contributed by atoms with Crippen molar-refractivity contribution in [2.75, 3.05) is 26.7 Å². The highest BCUT2D eigenvalue weighted by Crippen LogP contribution is 2.28. The fraction of sp³-hybridized carbons (Fsp3) is 0.500. The number of hydrogen-bond donors (Lipinski definition) is 1. The van der Waals surface area contributed by atoms with Gasteiger partial charge in [0.15, 0.2) is 11.6 Å². The molecule has 17 heavy (non-hydrogen) atoms. The van der Waals surface area contributed by atoms with Crippen molar-refractivity contribution in [3.05, 3.63) is 35.4 Å². The number of likely N-dealkylation sites (N-methyl/N-ethyl adjacent to an activating group) is 1. The van der Waals surface area contributed by atoms with Crippen molar-refractivity contribution >= 4 is 0 Å². The molecule has 3 nitrogen and oxygen atoms in total. The Labute approximate surface area is 99.2 Å². The number of halogens is 2. The second kappa shape index (κ2) is 5.08. The Balaban J connectivity index is 2.31. The molecule has 1 aliphatic rings. The van der Waals surface area contributed by atoms with Gasteiger partial charge in [0.25, 0.3) is 0 Å². The third-order valence-electron chi connectivity index (χ3n) is 3.12. The summed E-state index contributed by atoms with van der Waals surface area (Å²) in [7, 11) is 1.93. The lowest BCUT2D eigenvalue weighted by atomic mass is 9.98. The van der Waals surface area contributed by atoms with E-state index in [1.165, 1.54) is 6.07 Å². The molecular weight excluding hydrogens is 226 g/mol. The van der Waals surface area contributed by atoms with Crippen LogP contribution in [0.2, 0.25) is 0 Å². The van der Waals surface area contributed by atoms with Crippen LogP contribution in [0.15, 0.2) is 18.2 Å². The number of rotatable bonds is 2. The Morgan fingerprint density at radius 1 is 1.41 bits per heavy atom. The van der Waals surface area contributed by atoms with Gasteiger partial charge in [-0.05, 0) is 24.7 Å². The van der Waals surface area contributed by atoms with Gasteiger partial charge in [0, 0.05) is 13.1 Å². The normalized spacial score (nSPS) is 26.1. The van der Waals surface area contributed by atoms with Crippen LogP contribution in [0.3, 0.4) is 0 Å². The molecule has 0 aromatic heterocycles. The van der Waals surface area contributed by atoms with Crippen LogP contribution in [0, 0.1) is 11.6 Å². The molecule has 2 N–H and O–H groups in total. The van der Waals surface area contributed by atoms with Gasteiger partial charge in [0.05, 0.1) is 18.8 Å². The predicted molar refractivity (Wildman–Crippen MR) is 60.5 cm³/mol. The van der Waals surface area contributed by atoms with E-state index in [0.717, 1.165) is 12.6 Å². The summed E-state index contributed by atoms with van der Waals surface area (Å²) >= 11 is 0. The number of morpholine rings is 1. The Morgan fingerprint density at radius 2 is 2.18 bits per heavy atom. The first-order valence-electron chi connectivity index (χ1n) is 5.60. The Kier molecular flexibility index (Phi) is 3.71. The minimum Gasteiger partial charge on any atom is -0.374 e. The third kappa shape index (κ3) is 2.46. The molecule has 1 fully saturated rings. The summed E-state index contributed by atoms with van der Waals surface area (Å²) in [6, 6.07) is 3.81. The van der Waals surface area contributed by atoms with Crippen LogP contribution >= 0.6 is 0 Å². The minimum absolute atomic E-state index is 0.121. The zero-order valence-corrected chi connectivity index (χ0v) is 9.70. The van der Waals surface area contributed by atoms with Crippen LogP contribution in [-0.2, 0) is 4.74 Å². The first kappa shape index (κ1) is 12.4. The van der Waals surface area contributed by atoms with Crippen molar-refractivity contribution < 1.29 is 13.5 Å². The first-order valence-corrected chi connectivity index (χ1v) is 5.60. The fourth-order valence-electron chi connectivity index (χ4n) is 2.22. The molecule has 0 aliphatic carbocycles. The molecule has 1 aliphatic heterocycles. The van der Waals surface area contributed by atoms with E-state index in [1.54, 1.807) is 6.07 Å². The van der Waals surface area contributed by atoms with Crippen molar-refractivity contribution in [1.29, 1.82) is 0 Å². The van der Waals surface area contributed by atoms with Crippen molar-refractivity contribution in [2.24, 2.45) is 5.73 Å². The van der Waals surface area contributed by atoms with E-state index < -0.39 is 11.6 Å². The van der Waals surface area contributed by atoms with Gasteiger partial charge < -0.3 is 10.5 Å². The van der Waals surface area contributed by atoms with Gasteiger partial charge in [-0.2, -0.15) is 0 Å². The van der Waals surface area contributed by atoms with Crippen LogP contribution in [-0.4, -0.2) is 37.7 Å². The largest absolute Gasteiger partial charge is 0.374 e. The van der Waals surface area contributed by atoms with Crippen molar-refractivity contribution in [2.45, 2.75) is 12.1 Å². The van der Waals surface area contributed by atoms with Gasteiger partial charge in [0.2, 0.25) is 0 Å². The van der Waals surface area contributed by atoms with E-state index in [1.807, 2.05) is 11.9 Å². The van der Waals surface area contributed by atoms with E-state index in [-0.39, 0.29) is 12.1 Å². The first-order chi connectivity index (χ1) is 8.13. The molecule has 2 atom stereocenters. The maximum atomic E-state index is 13.2. The van der Waals surface area contributed by atoms with E-state index in [0.29, 0.717) is 18.7 Å². The Hall–Kier alpha value is -1.04. The van der Waals surface area contributed by atoms with Crippen molar-refractivity contribution in [3.63, 3.8) is 0 Å². The zero-order valence-electron chi connectivity index (χ0n) is 9.70. The Morgan fingerprint density at radius 3 is 2.82 bits per heavy atom. The molecule has 0 radical (unpaired) electrons. The minimum atomic E-state index is -0.836. The monoisotopic (exact) mass is 242 g/mol. The quantitative estimate of drug-likeness (QED) is 0.849. The van der Waals surface area contributed by atoms with Gasteiger partial charge in [0.1, 0.15) is 0 Å². The molecule has 94 valence electrons. The van der Waals surface area contributed by atoms with E-state index in [9.17, 15) is 8.78 Å². The van der Waals surface area contributed by atoms with Gasteiger partial charge in [-0.3, -0.25) is 4.90 Å². The average molecular weight is 242 g/mol. The predicted octanol–water partition coefficient (Wildman–Crippen LogP) is 1.30. The number of hydrogen-bond acceptors (Lipinski definition) is 3. The van der Waals surface area contributed by atoms with Gasteiger partial charge in [-0.15, -0.1) is 0 Å². The van der Waals surface area contributed by atoms with E-state index in [4.69, 9.17) is 10.5 Å².